The summed E-state index contributed by atoms with van der Waals surface area (Å²) in [6.07, 6.45) is 5.60. The van der Waals surface area contributed by atoms with E-state index in [0.717, 1.165) is 24.3 Å². The van der Waals surface area contributed by atoms with Gasteiger partial charge < -0.3 is 10.6 Å². The predicted octanol–water partition coefficient (Wildman–Crippen LogP) is 4.41. The maximum Gasteiger partial charge on any atom is 0.0566 e. The minimum atomic E-state index is -0.308. The molecule has 20 heavy (non-hydrogen) atoms. The topological polar surface area (TPSA) is 29.3 Å². The molecule has 1 aromatic carbocycles. The van der Waals surface area contributed by atoms with Crippen LogP contribution in [0.15, 0.2) is 24.3 Å². The van der Waals surface area contributed by atoms with Gasteiger partial charge in [-0.15, -0.1) is 0 Å². The summed E-state index contributed by atoms with van der Waals surface area (Å²) in [5.74, 6) is 0. The summed E-state index contributed by atoms with van der Waals surface area (Å²) < 4.78 is 0. The zero-order chi connectivity index (χ0) is 15.2. The number of rotatable bonds is 8. The Labute approximate surface area is 129 Å². The van der Waals surface area contributed by atoms with E-state index in [9.17, 15) is 0 Å². The fourth-order valence-corrected chi connectivity index (χ4v) is 3.18. The molecule has 0 aliphatic rings. The van der Waals surface area contributed by atoms with Crippen LogP contribution in [0.4, 0.5) is 0 Å². The highest BCUT2D eigenvalue weighted by Gasteiger charge is 2.36. The van der Waals surface area contributed by atoms with Crippen LogP contribution in [-0.4, -0.2) is 25.0 Å². The number of nitrogens with two attached hydrogens (primary N) is 1. The van der Waals surface area contributed by atoms with Crippen LogP contribution in [0.1, 0.15) is 51.5 Å². The lowest BCUT2D eigenvalue weighted by molar-refractivity contribution is 0.152. The summed E-state index contributed by atoms with van der Waals surface area (Å²) in [5.41, 5.74) is 7.77. The van der Waals surface area contributed by atoms with Gasteiger partial charge in [-0.05, 0) is 44.6 Å². The average molecular weight is 297 g/mol. The fourth-order valence-electron chi connectivity index (χ4n) is 3.05. The fraction of sp³-hybridized carbons (Fsp3) is 0.647. The van der Waals surface area contributed by atoms with Crippen molar-refractivity contribution in [2.75, 3.05) is 14.1 Å². The molecule has 2 unspecified atom stereocenters. The van der Waals surface area contributed by atoms with Crippen molar-refractivity contribution in [1.29, 1.82) is 0 Å². The number of hydrogen-bond donors (Lipinski definition) is 1. The van der Waals surface area contributed by atoms with E-state index in [4.69, 9.17) is 17.3 Å². The first-order valence-electron chi connectivity index (χ1n) is 7.67. The van der Waals surface area contributed by atoms with E-state index in [1.165, 1.54) is 18.4 Å². The number of likely N-dealkylation sites (N-methyl/N-ethyl adjacent to an activating group) is 1. The lowest BCUT2D eigenvalue weighted by Crippen LogP contribution is -2.54. The maximum atomic E-state index is 6.88. The van der Waals surface area contributed by atoms with Gasteiger partial charge in [0.2, 0.25) is 0 Å². The molecule has 0 spiro atoms. The van der Waals surface area contributed by atoms with Crippen LogP contribution in [0.2, 0.25) is 5.02 Å². The molecule has 0 aliphatic carbocycles. The van der Waals surface area contributed by atoms with Gasteiger partial charge in [-0.25, -0.2) is 0 Å². The summed E-state index contributed by atoms with van der Waals surface area (Å²) in [4.78, 5) is 2.28. The van der Waals surface area contributed by atoms with Crippen molar-refractivity contribution in [1.82, 2.24) is 4.90 Å². The van der Waals surface area contributed by atoms with Gasteiger partial charge in [0.25, 0.3) is 0 Å². The number of nitrogens with zero attached hydrogens (tertiary/aromatic N) is 1. The highest BCUT2D eigenvalue weighted by atomic mass is 35.5. The first-order valence-corrected chi connectivity index (χ1v) is 8.04. The molecule has 0 radical (unpaired) electrons. The van der Waals surface area contributed by atoms with Crippen molar-refractivity contribution in [3.63, 3.8) is 0 Å². The van der Waals surface area contributed by atoms with E-state index in [-0.39, 0.29) is 5.54 Å². The van der Waals surface area contributed by atoms with Gasteiger partial charge in [0.1, 0.15) is 0 Å². The lowest BCUT2D eigenvalue weighted by atomic mass is 9.77. The maximum absolute atomic E-state index is 6.88. The molecule has 0 bridgehead atoms. The molecule has 2 atom stereocenters. The van der Waals surface area contributed by atoms with Crippen LogP contribution in [0.3, 0.4) is 0 Å². The zero-order valence-electron chi connectivity index (χ0n) is 13.3. The Morgan fingerprint density at radius 3 is 2.20 bits per heavy atom. The van der Waals surface area contributed by atoms with Crippen LogP contribution in [0.25, 0.3) is 0 Å². The SMILES string of the molecule is CCCCC(N(C)C)C(N)(CCC)c1ccc(Cl)cc1. The summed E-state index contributed by atoms with van der Waals surface area (Å²) in [6, 6.07) is 8.41. The van der Waals surface area contributed by atoms with E-state index in [0.29, 0.717) is 6.04 Å². The average Bonchev–Trinajstić information content (AvgIpc) is 2.39. The molecular weight excluding hydrogens is 268 g/mol. The van der Waals surface area contributed by atoms with E-state index >= 15 is 0 Å². The summed E-state index contributed by atoms with van der Waals surface area (Å²) in [5, 5.41) is 0.766. The molecule has 0 saturated heterocycles. The molecule has 0 fully saturated rings. The molecule has 2 nitrogen and oxygen atoms in total. The molecule has 0 amide bonds. The van der Waals surface area contributed by atoms with Crippen LogP contribution in [0.5, 0.6) is 0 Å². The Balaban J connectivity index is 3.12. The molecular formula is C17H29ClN2. The number of hydrogen-bond acceptors (Lipinski definition) is 2. The van der Waals surface area contributed by atoms with Crippen LogP contribution in [0, 0.1) is 0 Å². The Morgan fingerprint density at radius 2 is 1.75 bits per heavy atom. The monoisotopic (exact) mass is 296 g/mol. The van der Waals surface area contributed by atoms with Crippen LogP contribution >= 0.6 is 11.6 Å². The van der Waals surface area contributed by atoms with Gasteiger partial charge in [0.05, 0.1) is 5.54 Å². The minimum Gasteiger partial charge on any atom is -0.320 e. The van der Waals surface area contributed by atoms with Gasteiger partial charge in [-0.3, -0.25) is 0 Å². The summed E-state index contributed by atoms with van der Waals surface area (Å²) in [7, 11) is 4.26. The van der Waals surface area contributed by atoms with Crippen LogP contribution in [-0.2, 0) is 5.54 Å². The summed E-state index contributed by atoms with van der Waals surface area (Å²) >= 11 is 6.01. The Bertz CT molecular complexity index is 388. The smallest absolute Gasteiger partial charge is 0.0566 e. The Hall–Kier alpha value is -0.570. The molecule has 0 aliphatic heterocycles. The number of benzene rings is 1. The minimum absolute atomic E-state index is 0.308. The molecule has 114 valence electrons. The van der Waals surface area contributed by atoms with Crippen molar-refractivity contribution in [3.05, 3.63) is 34.9 Å². The van der Waals surface area contributed by atoms with E-state index in [2.05, 4.69) is 45.0 Å². The van der Waals surface area contributed by atoms with E-state index < -0.39 is 0 Å². The van der Waals surface area contributed by atoms with Gasteiger partial charge >= 0.3 is 0 Å². The van der Waals surface area contributed by atoms with Gasteiger partial charge in [0, 0.05) is 11.1 Å². The molecule has 0 saturated carbocycles. The van der Waals surface area contributed by atoms with Gasteiger partial charge in [-0.1, -0.05) is 56.8 Å². The largest absolute Gasteiger partial charge is 0.320 e. The predicted molar refractivity (Wildman–Crippen MR) is 89.2 cm³/mol. The third-order valence-electron chi connectivity index (χ3n) is 4.09. The third-order valence-corrected chi connectivity index (χ3v) is 4.35. The molecule has 1 aromatic rings. The van der Waals surface area contributed by atoms with Crippen molar-refractivity contribution in [3.8, 4) is 0 Å². The normalized spacial score (nSPS) is 16.1. The van der Waals surface area contributed by atoms with Crippen LogP contribution < -0.4 is 5.73 Å². The van der Waals surface area contributed by atoms with Crippen molar-refractivity contribution in [2.45, 2.75) is 57.5 Å². The second-order valence-electron chi connectivity index (χ2n) is 5.92. The Morgan fingerprint density at radius 1 is 1.15 bits per heavy atom. The third kappa shape index (κ3) is 4.21. The quantitative estimate of drug-likeness (QED) is 0.770. The summed E-state index contributed by atoms with van der Waals surface area (Å²) in [6.45, 7) is 4.43. The highest BCUT2D eigenvalue weighted by molar-refractivity contribution is 6.30. The van der Waals surface area contributed by atoms with Crippen molar-refractivity contribution >= 4 is 11.6 Å². The lowest BCUT2D eigenvalue weighted by Gasteiger charge is -2.42. The molecule has 1 rings (SSSR count). The Kier molecular flexibility index (Phi) is 7.01. The second kappa shape index (κ2) is 8.02. The van der Waals surface area contributed by atoms with Crippen molar-refractivity contribution in [2.24, 2.45) is 5.73 Å². The second-order valence-corrected chi connectivity index (χ2v) is 6.36. The molecule has 0 aromatic heterocycles. The highest BCUT2D eigenvalue weighted by Crippen LogP contribution is 2.33. The van der Waals surface area contributed by atoms with Crippen molar-refractivity contribution < 1.29 is 0 Å². The molecule has 0 heterocycles. The number of unbranched alkanes of at least 4 members (excludes halogenated alkanes) is 1. The van der Waals surface area contributed by atoms with Gasteiger partial charge in [-0.2, -0.15) is 0 Å². The zero-order valence-corrected chi connectivity index (χ0v) is 14.1. The molecule has 3 heteroatoms. The van der Waals surface area contributed by atoms with E-state index in [1.54, 1.807) is 0 Å². The standard InChI is InChI=1S/C17H29ClN2/c1-5-7-8-16(20(3)4)17(19,13-6-2)14-9-11-15(18)12-10-14/h9-12,16H,5-8,13,19H2,1-4H3. The van der Waals surface area contributed by atoms with Gasteiger partial charge in [0.15, 0.2) is 0 Å². The molecule has 2 N–H and O–H groups in total. The number of halogens is 1. The van der Waals surface area contributed by atoms with E-state index in [1.807, 2.05) is 12.1 Å². The first-order chi connectivity index (χ1) is 9.45. The first kappa shape index (κ1) is 17.5.